The molecule has 0 bridgehead atoms. The van der Waals surface area contributed by atoms with Gasteiger partial charge in [-0.1, -0.05) is 5.16 Å². The topological polar surface area (TPSA) is 113 Å². The lowest BCUT2D eigenvalue weighted by atomic mass is 10.2. The van der Waals surface area contributed by atoms with Crippen molar-refractivity contribution in [1.29, 1.82) is 0 Å². The molecule has 17 heavy (non-hydrogen) atoms. The Morgan fingerprint density at radius 1 is 1.59 bits per heavy atom. The predicted octanol–water partition coefficient (Wildman–Crippen LogP) is -0.480. The van der Waals surface area contributed by atoms with E-state index in [2.05, 4.69) is 15.8 Å². The van der Waals surface area contributed by atoms with Crippen LogP contribution in [0.15, 0.2) is 10.6 Å². The second-order valence-electron chi connectivity index (χ2n) is 3.59. The summed E-state index contributed by atoms with van der Waals surface area (Å²) in [6.45, 7) is 1.69. The average molecular weight is 238 g/mol. The van der Waals surface area contributed by atoms with E-state index in [-0.39, 0.29) is 12.2 Å². The smallest absolute Gasteiger partial charge is 0.322 e. The molecule has 0 aliphatic carbocycles. The summed E-state index contributed by atoms with van der Waals surface area (Å²) >= 11 is 0. The van der Waals surface area contributed by atoms with Crippen molar-refractivity contribution in [2.75, 3.05) is 5.32 Å². The summed E-state index contributed by atoms with van der Waals surface area (Å²) in [4.78, 5) is 33.5. The van der Waals surface area contributed by atoms with Crippen LogP contribution in [0.4, 0.5) is 10.6 Å². The van der Waals surface area contributed by atoms with Gasteiger partial charge in [-0.2, -0.15) is 0 Å². The summed E-state index contributed by atoms with van der Waals surface area (Å²) < 4.78 is 4.76. The minimum Gasteiger partial charge on any atom is -0.360 e. The summed E-state index contributed by atoms with van der Waals surface area (Å²) in [5.41, 5.74) is 0. The van der Waals surface area contributed by atoms with Crippen molar-refractivity contribution in [1.82, 2.24) is 15.8 Å². The van der Waals surface area contributed by atoms with Crippen LogP contribution < -0.4 is 16.0 Å². The van der Waals surface area contributed by atoms with E-state index in [9.17, 15) is 14.4 Å². The molecule has 1 fully saturated rings. The summed E-state index contributed by atoms with van der Waals surface area (Å²) in [5.74, 6) is -0.105. The van der Waals surface area contributed by atoms with Crippen molar-refractivity contribution in [2.24, 2.45) is 0 Å². The van der Waals surface area contributed by atoms with Gasteiger partial charge in [-0.05, 0) is 6.92 Å². The fourth-order valence-corrected chi connectivity index (χ4v) is 1.41. The van der Waals surface area contributed by atoms with Gasteiger partial charge in [0, 0.05) is 6.07 Å². The zero-order valence-electron chi connectivity index (χ0n) is 8.94. The molecule has 1 saturated heterocycles. The third-order valence-electron chi connectivity index (χ3n) is 2.14. The van der Waals surface area contributed by atoms with Gasteiger partial charge in [0.05, 0.1) is 6.42 Å². The number of aromatic nitrogens is 1. The van der Waals surface area contributed by atoms with Crippen LogP contribution in [0.25, 0.3) is 0 Å². The first kappa shape index (κ1) is 11.1. The van der Waals surface area contributed by atoms with E-state index in [0.717, 1.165) is 0 Å². The quantitative estimate of drug-likeness (QED) is 0.615. The van der Waals surface area contributed by atoms with Gasteiger partial charge in [-0.15, -0.1) is 0 Å². The molecule has 0 spiro atoms. The summed E-state index contributed by atoms with van der Waals surface area (Å²) in [6.07, 6.45) is -0.149. The van der Waals surface area contributed by atoms with E-state index in [4.69, 9.17) is 4.52 Å². The van der Waals surface area contributed by atoms with Crippen molar-refractivity contribution in [3.8, 4) is 0 Å². The largest absolute Gasteiger partial charge is 0.360 e. The molecule has 0 saturated carbocycles. The van der Waals surface area contributed by atoms with Gasteiger partial charge in [0.25, 0.3) is 5.91 Å². The van der Waals surface area contributed by atoms with Crippen LogP contribution in [-0.4, -0.2) is 29.0 Å². The highest BCUT2D eigenvalue weighted by molar-refractivity contribution is 6.06. The normalized spacial score (nSPS) is 18.8. The monoisotopic (exact) mass is 238 g/mol. The number of rotatable bonds is 3. The Labute approximate surface area is 95.7 Å². The summed E-state index contributed by atoms with van der Waals surface area (Å²) in [6, 6.07) is 0.117. The van der Waals surface area contributed by atoms with Crippen molar-refractivity contribution in [2.45, 2.75) is 19.4 Å². The van der Waals surface area contributed by atoms with Crippen LogP contribution in [0, 0.1) is 6.92 Å². The lowest BCUT2D eigenvalue weighted by molar-refractivity contribution is -0.124. The molecule has 1 unspecified atom stereocenters. The van der Waals surface area contributed by atoms with Crippen LogP contribution in [0.1, 0.15) is 12.2 Å². The highest BCUT2D eigenvalue weighted by atomic mass is 16.5. The number of hydrogen-bond donors (Lipinski definition) is 3. The maximum atomic E-state index is 11.5. The van der Waals surface area contributed by atoms with Crippen LogP contribution in [0.5, 0.6) is 0 Å². The van der Waals surface area contributed by atoms with Crippen molar-refractivity contribution < 1.29 is 18.9 Å². The lowest BCUT2D eigenvalue weighted by Gasteiger charge is -2.05. The first-order valence-corrected chi connectivity index (χ1v) is 4.89. The number of imide groups is 1. The number of anilines is 1. The van der Waals surface area contributed by atoms with E-state index in [1.54, 1.807) is 13.0 Å². The number of urea groups is 1. The van der Waals surface area contributed by atoms with E-state index in [1.165, 1.54) is 0 Å². The molecule has 4 amide bonds. The maximum Gasteiger partial charge on any atom is 0.322 e. The van der Waals surface area contributed by atoms with Gasteiger partial charge in [-0.3, -0.25) is 14.9 Å². The number of carbonyl (C=O) groups excluding carboxylic acids is 3. The minimum atomic E-state index is -0.838. The summed E-state index contributed by atoms with van der Waals surface area (Å²) in [7, 11) is 0. The second-order valence-corrected chi connectivity index (χ2v) is 3.59. The Balaban J connectivity index is 1.89. The van der Waals surface area contributed by atoms with Gasteiger partial charge >= 0.3 is 6.03 Å². The van der Waals surface area contributed by atoms with Crippen LogP contribution >= 0.6 is 0 Å². The number of carbonyl (C=O) groups is 3. The van der Waals surface area contributed by atoms with E-state index in [1.807, 2.05) is 5.32 Å². The van der Waals surface area contributed by atoms with E-state index < -0.39 is 23.9 Å². The van der Waals surface area contributed by atoms with Gasteiger partial charge in [0.1, 0.15) is 11.8 Å². The number of nitrogens with one attached hydrogen (secondary N) is 3. The highest BCUT2D eigenvalue weighted by Gasteiger charge is 2.31. The number of aryl methyl sites for hydroxylation is 1. The van der Waals surface area contributed by atoms with E-state index in [0.29, 0.717) is 5.76 Å². The molecule has 1 atom stereocenters. The predicted molar refractivity (Wildman–Crippen MR) is 54.9 cm³/mol. The average Bonchev–Trinajstić information content (AvgIpc) is 2.74. The van der Waals surface area contributed by atoms with Crippen LogP contribution in [0.2, 0.25) is 0 Å². The number of hydrogen-bond acceptors (Lipinski definition) is 5. The molecule has 0 radical (unpaired) electrons. The minimum absolute atomic E-state index is 0.149. The highest BCUT2D eigenvalue weighted by Crippen LogP contribution is 2.08. The molecular weight excluding hydrogens is 228 g/mol. The van der Waals surface area contributed by atoms with Crippen molar-refractivity contribution >= 4 is 23.7 Å². The summed E-state index contributed by atoms with van der Waals surface area (Å²) in [5, 5.41) is 10.4. The standard InChI is InChI=1S/C9H10N4O4/c1-4-2-6(13-17-4)11-7(14)3-5-8(15)12-9(16)10-5/h2,5H,3H2,1H3,(H,11,13,14)(H2,10,12,15,16). The molecule has 8 nitrogen and oxygen atoms in total. The van der Waals surface area contributed by atoms with Gasteiger partial charge in [0.15, 0.2) is 5.82 Å². The Bertz CT molecular complexity index is 481. The molecule has 1 aliphatic heterocycles. The molecule has 2 heterocycles. The molecule has 1 aromatic rings. The fraction of sp³-hybridized carbons (Fsp3) is 0.333. The lowest BCUT2D eigenvalue weighted by Crippen LogP contribution is -2.33. The maximum absolute atomic E-state index is 11.5. The van der Waals surface area contributed by atoms with Gasteiger partial charge < -0.3 is 15.2 Å². The molecular formula is C9H10N4O4. The van der Waals surface area contributed by atoms with Crippen LogP contribution in [0.3, 0.4) is 0 Å². The zero-order valence-corrected chi connectivity index (χ0v) is 8.94. The van der Waals surface area contributed by atoms with Crippen molar-refractivity contribution in [3.63, 3.8) is 0 Å². The van der Waals surface area contributed by atoms with Crippen LogP contribution in [-0.2, 0) is 9.59 Å². The first-order valence-electron chi connectivity index (χ1n) is 4.89. The third kappa shape index (κ3) is 2.60. The molecule has 3 N–H and O–H groups in total. The Morgan fingerprint density at radius 3 is 2.88 bits per heavy atom. The second kappa shape index (κ2) is 4.24. The SMILES string of the molecule is Cc1cc(NC(=O)CC2NC(=O)NC2=O)no1. The molecule has 1 aromatic heterocycles. The zero-order chi connectivity index (χ0) is 12.4. The molecule has 1 aliphatic rings. The van der Waals surface area contributed by atoms with E-state index >= 15 is 0 Å². The molecule has 2 rings (SSSR count). The Hall–Kier alpha value is -2.38. The van der Waals surface area contributed by atoms with Gasteiger partial charge in [-0.25, -0.2) is 4.79 Å². The number of nitrogens with zero attached hydrogens (tertiary/aromatic N) is 1. The fourth-order valence-electron chi connectivity index (χ4n) is 1.41. The Morgan fingerprint density at radius 2 is 2.35 bits per heavy atom. The third-order valence-corrected chi connectivity index (χ3v) is 2.14. The molecule has 0 aromatic carbocycles. The van der Waals surface area contributed by atoms with Crippen molar-refractivity contribution in [3.05, 3.63) is 11.8 Å². The van der Waals surface area contributed by atoms with Gasteiger partial charge in [0.2, 0.25) is 5.91 Å². The first-order chi connectivity index (χ1) is 8.04. The number of amides is 4. The Kier molecular flexibility index (Phi) is 2.77. The molecule has 8 heteroatoms. The molecule has 90 valence electrons.